The summed E-state index contributed by atoms with van der Waals surface area (Å²) in [6.07, 6.45) is 3.07. The smallest absolute Gasteiger partial charge is 0.244 e. The zero-order valence-electron chi connectivity index (χ0n) is 12.8. The van der Waals surface area contributed by atoms with Gasteiger partial charge < -0.3 is 5.32 Å². The summed E-state index contributed by atoms with van der Waals surface area (Å²) in [6.45, 7) is 0.371. The summed E-state index contributed by atoms with van der Waals surface area (Å²) < 4.78 is 12.8. The van der Waals surface area contributed by atoms with Gasteiger partial charge in [0.25, 0.3) is 0 Å². The van der Waals surface area contributed by atoms with Crippen molar-refractivity contribution in [2.75, 3.05) is 0 Å². The zero-order chi connectivity index (χ0) is 16.8. The number of carbonyl (C=O) groups is 1. The Bertz CT molecular complexity index is 841. The van der Waals surface area contributed by atoms with Gasteiger partial charge in [0.1, 0.15) is 10.8 Å². The number of carbonyl (C=O) groups excluding carboxylic acids is 1. The van der Waals surface area contributed by atoms with Gasteiger partial charge >= 0.3 is 0 Å². The SMILES string of the molecule is O=C(C=Cc1ccc(F)cc1)NCc1csc(-c2ccccc2)n1. The van der Waals surface area contributed by atoms with Crippen LogP contribution in [-0.4, -0.2) is 10.9 Å². The van der Waals surface area contributed by atoms with Crippen LogP contribution in [0, 0.1) is 5.82 Å². The van der Waals surface area contributed by atoms with Gasteiger partial charge in [0.2, 0.25) is 5.91 Å². The van der Waals surface area contributed by atoms with Crippen molar-refractivity contribution >= 4 is 23.3 Å². The van der Waals surface area contributed by atoms with Gasteiger partial charge in [-0.1, -0.05) is 42.5 Å². The van der Waals surface area contributed by atoms with E-state index in [1.807, 2.05) is 35.7 Å². The number of amides is 1. The molecule has 3 rings (SSSR count). The van der Waals surface area contributed by atoms with E-state index in [1.54, 1.807) is 29.5 Å². The molecule has 0 aliphatic heterocycles. The Morgan fingerprint density at radius 1 is 1.12 bits per heavy atom. The molecule has 0 spiro atoms. The van der Waals surface area contributed by atoms with Crippen molar-refractivity contribution in [3.8, 4) is 10.6 Å². The Kier molecular flexibility index (Phi) is 5.13. The van der Waals surface area contributed by atoms with Gasteiger partial charge in [-0.3, -0.25) is 4.79 Å². The molecule has 0 saturated heterocycles. The third-order valence-electron chi connectivity index (χ3n) is 3.31. The monoisotopic (exact) mass is 338 g/mol. The maximum absolute atomic E-state index is 12.8. The van der Waals surface area contributed by atoms with Gasteiger partial charge in [0, 0.05) is 17.0 Å². The van der Waals surface area contributed by atoms with Crippen LogP contribution in [0.5, 0.6) is 0 Å². The lowest BCUT2D eigenvalue weighted by Gasteiger charge is -1.99. The van der Waals surface area contributed by atoms with Crippen LogP contribution < -0.4 is 5.32 Å². The second-order valence-electron chi connectivity index (χ2n) is 5.11. The van der Waals surface area contributed by atoms with Gasteiger partial charge in [-0.25, -0.2) is 9.37 Å². The number of hydrogen-bond acceptors (Lipinski definition) is 3. The quantitative estimate of drug-likeness (QED) is 0.706. The first-order chi connectivity index (χ1) is 11.7. The molecular weight excluding hydrogens is 323 g/mol. The average molecular weight is 338 g/mol. The van der Waals surface area contributed by atoms with Crippen LogP contribution in [0.1, 0.15) is 11.3 Å². The minimum Gasteiger partial charge on any atom is -0.347 e. The molecule has 0 atom stereocenters. The minimum atomic E-state index is -0.297. The third-order valence-corrected chi connectivity index (χ3v) is 4.25. The van der Waals surface area contributed by atoms with Crippen molar-refractivity contribution in [3.63, 3.8) is 0 Å². The molecule has 1 amide bonds. The van der Waals surface area contributed by atoms with Crippen molar-refractivity contribution in [1.82, 2.24) is 10.3 Å². The Morgan fingerprint density at radius 3 is 2.62 bits per heavy atom. The lowest BCUT2D eigenvalue weighted by atomic mass is 10.2. The number of rotatable bonds is 5. The van der Waals surface area contributed by atoms with E-state index in [4.69, 9.17) is 0 Å². The fraction of sp³-hybridized carbons (Fsp3) is 0.0526. The van der Waals surface area contributed by atoms with Crippen molar-refractivity contribution < 1.29 is 9.18 Å². The first-order valence-electron chi connectivity index (χ1n) is 7.42. The van der Waals surface area contributed by atoms with Gasteiger partial charge in [-0.05, 0) is 23.8 Å². The Morgan fingerprint density at radius 2 is 1.88 bits per heavy atom. The zero-order valence-corrected chi connectivity index (χ0v) is 13.6. The third kappa shape index (κ3) is 4.36. The molecule has 1 aromatic heterocycles. The van der Waals surface area contributed by atoms with Crippen LogP contribution in [0.4, 0.5) is 4.39 Å². The molecular formula is C19H15FN2OS. The highest BCUT2D eigenvalue weighted by Crippen LogP contribution is 2.23. The fourth-order valence-corrected chi connectivity index (χ4v) is 2.91. The Labute approximate surface area is 143 Å². The summed E-state index contributed by atoms with van der Waals surface area (Å²) in [5.41, 5.74) is 2.66. The van der Waals surface area contributed by atoms with E-state index in [0.717, 1.165) is 21.8 Å². The van der Waals surface area contributed by atoms with Crippen LogP contribution in [0.25, 0.3) is 16.6 Å². The molecule has 1 heterocycles. The van der Waals surface area contributed by atoms with Crippen molar-refractivity contribution in [2.45, 2.75) is 6.54 Å². The molecule has 5 heteroatoms. The lowest BCUT2D eigenvalue weighted by Crippen LogP contribution is -2.20. The molecule has 1 N–H and O–H groups in total. The van der Waals surface area contributed by atoms with E-state index >= 15 is 0 Å². The molecule has 3 nitrogen and oxygen atoms in total. The molecule has 0 fully saturated rings. The molecule has 3 aromatic rings. The molecule has 2 aromatic carbocycles. The topological polar surface area (TPSA) is 42.0 Å². The van der Waals surface area contributed by atoms with Crippen LogP contribution in [0.3, 0.4) is 0 Å². The molecule has 0 unspecified atom stereocenters. The molecule has 0 aliphatic rings. The van der Waals surface area contributed by atoms with Crippen LogP contribution in [-0.2, 0) is 11.3 Å². The van der Waals surface area contributed by atoms with Crippen LogP contribution in [0.15, 0.2) is 66.1 Å². The highest BCUT2D eigenvalue weighted by atomic mass is 32.1. The molecule has 0 radical (unpaired) electrons. The summed E-state index contributed by atoms with van der Waals surface area (Å²) >= 11 is 1.55. The normalized spacial score (nSPS) is 10.9. The Hall–Kier alpha value is -2.79. The van der Waals surface area contributed by atoms with E-state index in [-0.39, 0.29) is 11.7 Å². The van der Waals surface area contributed by atoms with E-state index in [2.05, 4.69) is 10.3 Å². The van der Waals surface area contributed by atoms with E-state index in [9.17, 15) is 9.18 Å². The van der Waals surface area contributed by atoms with E-state index < -0.39 is 0 Å². The van der Waals surface area contributed by atoms with Gasteiger partial charge in [0.15, 0.2) is 0 Å². The van der Waals surface area contributed by atoms with Crippen LogP contribution in [0.2, 0.25) is 0 Å². The maximum atomic E-state index is 12.8. The summed E-state index contributed by atoms with van der Waals surface area (Å²) in [5, 5.41) is 5.66. The van der Waals surface area contributed by atoms with Gasteiger partial charge in [-0.2, -0.15) is 0 Å². The predicted octanol–water partition coefficient (Wildman–Crippen LogP) is 4.28. The summed E-state index contributed by atoms with van der Waals surface area (Å²) in [4.78, 5) is 16.4. The van der Waals surface area contributed by atoms with Crippen molar-refractivity contribution in [3.05, 3.63) is 83.1 Å². The molecule has 0 aliphatic carbocycles. The van der Waals surface area contributed by atoms with Gasteiger partial charge in [0.05, 0.1) is 12.2 Å². The molecule has 120 valence electrons. The first-order valence-corrected chi connectivity index (χ1v) is 8.30. The number of aromatic nitrogens is 1. The number of halogens is 1. The van der Waals surface area contributed by atoms with Crippen molar-refractivity contribution in [1.29, 1.82) is 0 Å². The summed E-state index contributed by atoms with van der Waals surface area (Å²) in [6, 6.07) is 15.9. The minimum absolute atomic E-state index is 0.214. The van der Waals surface area contributed by atoms with Crippen LogP contribution >= 0.6 is 11.3 Å². The number of thiazole rings is 1. The maximum Gasteiger partial charge on any atom is 0.244 e. The molecule has 24 heavy (non-hydrogen) atoms. The first kappa shape index (κ1) is 16.1. The summed E-state index contributed by atoms with van der Waals surface area (Å²) in [7, 11) is 0. The average Bonchev–Trinajstić information content (AvgIpc) is 3.09. The number of hydrogen-bond donors (Lipinski definition) is 1. The Balaban J connectivity index is 1.55. The van der Waals surface area contributed by atoms with Gasteiger partial charge in [-0.15, -0.1) is 11.3 Å². The number of benzene rings is 2. The highest BCUT2D eigenvalue weighted by molar-refractivity contribution is 7.13. The largest absolute Gasteiger partial charge is 0.347 e. The predicted molar refractivity (Wildman–Crippen MR) is 94.8 cm³/mol. The lowest BCUT2D eigenvalue weighted by molar-refractivity contribution is -0.116. The highest BCUT2D eigenvalue weighted by Gasteiger charge is 2.05. The van der Waals surface area contributed by atoms with E-state index in [0.29, 0.717) is 6.54 Å². The second kappa shape index (κ2) is 7.66. The van der Waals surface area contributed by atoms with E-state index in [1.165, 1.54) is 18.2 Å². The standard InChI is InChI=1S/C19H15FN2OS/c20-16-9-6-14(7-10-16)8-11-18(23)21-12-17-13-24-19(22-17)15-4-2-1-3-5-15/h1-11,13H,12H2,(H,21,23). The molecule has 0 bridgehead atoms. The number of nitrogens with zero attached hydrogens (tertiary/aromatic N) is 1. The summed E-state index contributed by atoms with van der Waals surface area (Å²) in [5.74, 6) is -0.511. The van der Waals surface area contributed by atoms with Crippen molar-refractivity contribution in [2.24, 2.45) is 0 Å². The molecule has 0 saturated carbocycles. The fourth-order valence-electron chi connectivity index (χ4n) is 2.08. The second-order valence-corrected chi connectivity index (χ2v) is 5.97. The number of nitrogens with one attached hydrogen (secondary N) is 1.